The highest BCUT2D eigenvalue weighted by Crippen LogP contribution is 2.41. The average Bonchev–Trinajstić information content (AvgIpc) is 3.34. The number of likely N-dealkylation sites (N-methyl/N-ethyl adjacent to an activating group) is 1. The predicted octanol–water partition coefficient (Wildman–Crippen LogP) is 2.85. The molecule has 4 heterocycles. The summed E-state index contributed by atoms with van der Waals surface area (Å²) in [5.74, 6) is -5.65. The zero-order valence-corrected chi connectivity index (χ0v) is 14.3. The maximum atomic E-state index is 14.8. The lowest BCUT2D eigenvalue weighted by atomic mass is 10.1. The van der Waals surface area contributed by atoms with E-state index >= 15 is 0 Å². The van der Waals surface area contributed by atoms with E-state index < -0.39 is 34.5 Å². The highest BCUT2D eigenvalue weighted by molar-refractivity contribution is 5.69. The molecule has 0 spiro atoms. The SMILES string of the molecule is CN1C[C@@H]2C[C@H]1CN2c1c(F)c(F)c(-c2cc3ncccn3n2)c(F)c1F. The van der Waals surface area contributed by atoms with E-state index in [2.05, 4.69) is 15.0 Å². The number of fused-ring (bicyclic) bond motifs is 3. The van der Waals surface area contributed by atoms with E-state index in [0.29, 0.717) is 18.7 Å². The zero-order valence-electron chi connectivity index (χ0n) is 14.3. The zero-order chi connectivity index (χ0) is 18.9. The van der Waals surface area contributed by atoms with Gasteiger partial charge >= 0.3 is 0 Å². The van der Waals surface area contributed by atoms with Crippen molar-refractivity contribution in [2.24, 2.45) is 0 Å². The summed E-state index contributed by atoms with van der Waals surface area (Å²) >= 11 is 0. The van der Waals surface area contributed by atoms with Crippen LogP contribution in [-0.2, 0) is 0 Å². The average molecular weight is 377 g/mol. The summed E-state index contributed by atoms with van der Waals surface area (Å²) in [5, 5.41) is 3.98. The summed E-state index contributed by atoms with van der Waals surface area (Å²) < 4.78 is 60.5. The van der Waals surface area contributed by atoms with Crippen LogP contribution in [0.3, 0.4) is 0 Å². The maximum Gasteiger partial charge on any atom is 0.186 e. The fourth-order valence-electron chi connectivity index (χ4n) is 4.19. The number of rotatable bonds is 2. The number of hydrogen-bond acceptors (Lipinski definition) is 4. The van der Waals surface area contributed by atoms with Gasteiger partial charge in [-0.1, -0.05) is 0 Å². The van der Waals surface area contributed by atoms with Gasteiger partial charge in [0.1, 0.15) is 11.4 Å². The summed E-state index contributed by atoms with van der Waals surface area (Å²) in [6.07, 6.45) is 3.73. The van der Waals surface area contributed by atoms with Gasteiger partial charge in [-0.2, -0.15) is 5.10 Å². The molecule has 0 saturated carbocycles. The normalized spacial score (nSPS) is 22.3. The van der Waals surface area contributed by atoms with Gasteiger partial charge in [-0.05, 0) is 19.5 Å². The van der Waals surface area contributed by atoms with Crippen molar-refractivity contribution in [1.82, 2.24) is 19.5 Å². The molecular formula is C18H15F4N5. The molecule has 1 aromatic carbocycles. The molecule has 2 aliphatic heterocycles. The second kappa shape index (κ2) is 5.66. The Hall–Kier alpha value is -2.68. The first kappa shape index (κ1) is 16.5. The van der Waals surface area contributed by atoms with Crippen molar-refractivity contribution in [1.29, 1.82) is 0 Å². The van der Waals surface area contributed by atoms with E-state index in [-0.39, 0.29) is 17.8 Å². The third kappa shape index (κ3) is 2.27. The van der Waals surface area contributed by atoms with Gasteiger partial charge in [0.15, 0.2) is 28.9 Å². The number of hydrogen-bond donors (Lipinski definition) is 0. The van der Waals surface area contributed by atoms with Gasteiger partial charge in [-0.25, -0.2) is 27.1 Å². The molecule has 3 aromatic rings. The summed E-state index contributed by atoms with van der Waals surface area (Å²) in [6, 6.07) is 2.84. The van der Waals surface area contributed by atoms with Gasteiger partial charge in [0.2, 0.25) is 0 Å². The molecule has 2 saturated heterocycles. The van der Waals surface area contributed by atoms with Gasteiger partial charge in [0.05, 0.1) is 5.56 Å². The Balaban J connectivity index is 1.65. The van der Waals surface area contributed by atoms with Gasteiger partial charge in [-0.15, -0.1) is 0 Å². The van der Waals surface area contributed by atoms with Crippen LogP contribution in [0, 0.1) is 23.3 Å². The van der Waals surface area contributed by atoms with Crippen LogP contribution < -0.4 is 4.90 Å². The van der Waals surface area contributed by atoms with Crippen LogP contribution in [0.15, 0.2) is 24.5 Å². The van der Waals surface area contributed by atoms with Crippen LogP contribution in [0.1, 0.15) is 6.42 Å². The Bertz CT molecular complexity index is 1000. The summed E-state index contributed by atoms with van der Waals surface area (Å²) in [6.45, 7) is 0.943. The maximum absolute atomic E-state index is 14.8. The third-order valence-electron chi connectivity index (χ3n) is 5.53. The highest BCUT2D eigenvalue weighted by atomic mass is 19.2. The van der Waals surface area contributed by atoms with E-state index in [1.165, 1.54) is 27.9 Å². The van der Waals surface area contributed by atoms with Crippen molar-refractivity contribution >= 4 is 11.3 Å². The first-order valence-corrected chi connectivity index (χ1v) is 8.59. The topological polar surface area (TPSA) is 36.7 Å². The Kier molecular flexibility index (Phi) is 3.45. The summed E-state index contributed by atoms with van der Waals surface area (Å²) in [7, 11) is 1.93. The second-order valence-electron chi connectivity index (χ2n) is 7.07. The quantitative estimate of drug-likeness (QED) is 0.508. The number of anilines is 1. The van der Waals surface area contributed by atoms with Crippen LogP contribution in [0.4, 0.5) is 23.2 Å². The van der Waals surface area contributed by atoms with Gasteiger partial charge in [0, 0.05) is 43.6 Å². The van der Waals surface area contributed by atoms with Crippen LogP contribution >= 0.6 is 0 Å². The molecule has 2 fully saturated rings. The lowest BCUT2D eigenvalue weighted by molar-refractivity contribution is 0.290. The standard InChI is InChI=1S/C18H15F4N5/c1-25-7-10-5-9(25)8-26(10)18-16(21)14(19)13(15(20)17(18)22)11-6-12-23-3-2-4-27(12)24-11/h2-4,6,9-10H,5,7-8H2,1H3/t9-,10-/m0/s1. The third-order valence-corrected chi connectivity index (χ3v) is 5.53. The Morgan fingerprint density at radius 2 is 1.74 bits per heavy atom. The van der Waals surface area contributed by atoms with Crippen molar-refractivity contribution in [3.63, 3.8) is 0 Å². The molecule has 2 atom stereocenters. The Labute approximate surface area is 151 Å². The minimum atomic E-state index is -1.44. The van der Waals surface area contributed by atoms with Crippen molar-refractivity contribution in [3.05, 3.63) is 47.8 Å². The molecular weight excluding hydrogens is 362 g/mol. The predicted molar refractivity (Wildman–Crippen MR) is 90.4 cm³/mol. The van der Waals surface area contributed by atoms with E-state index in [0.717, 1.165) is 6.42 Å². The molecule has 0 aliphatic carbocycles. The molecule has 2 aliphatic rings. The molecule has 9 heteroatoms. The lowest BCUT2D eigenvalue weighted by Gasteiger charge is -2.34. The van der Waals surface area contributed by atoms with Crippen molar-refractivity contribution < 1.29 is 17.6 Å². The molecule has 0 radical (unpaired) electrons. The van der Waals surface area contributed by atoms with Gasteiger partial charge in [-0.3, -0.25) is 4.90 Å². The van der Waals surface area contributed by atoms with Crippen LogP contribution in [0.5, 0.6) is 0 Å². The molecule has 0 N–H and O–H groups in total. The smallest absolute Gasteiger partial charge is 0.186 e. The monoisotopic (exact) mass is 377 g/mol. The first-order valence-electron chi connectivity index (χ1n) is 8.59. The number of likely N-dealkylation sites (tertiary alicyclic amines) is 1. The highest BCUT2D eigenvalue weighted by Gasteiger charge is 2.44. The first-order chi connectivity index (χ1) is 13.0. The summed E-state index contributed by atoms with van der Waals surface area (Å²) in [4.78, 5) is 7.53. The van der Waals surface area contributed by atoms with Crippen LogP contribution in [-0.4, -0.2) is 51.7 Å². The summed E-state index contributed by atoms with van der Waals surface area (Å²) in [5.41, 5.74) is -1.34. The molecule has 5 rings (SSSR count). The van der Waals surface area contributed by atoms with E-state index in [1.807, 2.05) is 7.05 Å². The molecule has 2 bridgehead atoms. The molecule has 0 amide bonds. The number of aromatic nitrogens is 3. The molecule has 0 unspecified atom stereocenters. The van der Waals surface area contributed by atoms with Crippen LogP contribution in [0.25, 0.3) is 16.9 Å². The van der Waals surface area contributed by atoms with Crippen LogP contribution in [0.2, 0.25) is 0 Å². The fraction of sp³-hybridized carbons (Fsp3) is 0.333. The van der Waals surface area contributed by atoms with Gasteiger partial charge in [0.25, 0.3) is 0 Å². The Morgan fingerprint density at radius 3 is 2.33 bits per heavy atom. The van der Waals surface area contributed by atoms with Crippen molar-refractivity contribution in [3.8, 4) is 11.3 Å². The number of piperazine rings is 1. The minimum Gasteiger partial charge on any atom is -0.361 e. The Morgan fingerprint density at radius 1 is 1.00 bits per heavy atom. The molecule has 2 aromatic heterocycles. The van der Waals surface area contributed by atoms with Crippen molar-refractivity contribution in [2.75, 3.05) is 25.0 Å². The number of nitrogens with zero attached hydrogens (tertiary/aromatic N) is 5. The van der Waals surface area contributed by atoms with E-state index in [1.54, 1.807) is 6.07 Å². The number of benzene rings is 1. The van der Waals surface area contributed by atoms with Gasteiger partial charge < -0.3 is 4.90 Å². The van der Waals surface area contributed by atoms with E-state index in [4.69, 9.17) is 0 Å². The second-order valence-corrected chi connectivity index (χ2v) is 7.07. The molecule has 140 valence electrons. The lowest BCUT2D eigenvalue weighted by Crippen LogP contribution is -2.45. The number of halogens is 4. The fourth-order valence-corrected chi connectivity index (χ4v) is 4.19. The molecule has 27 heavy (non-hydrogen) atoms. The minimum absolute atomic E-state index is 0.129. The van der Waals surface area contributed by atoms with E-state index in [9.17, 15) is 17.6 Å². The molecule has 5 nitrogen and oxygen atoms in total. The van der Waals surface area contributed by atoms with Crippen molar-refractivity contribution in [2.45, 2.75) is 18.5 Å². The largest absolute Gasteiger partial charge is 0.361 e.